The maximum Gasteiger partial charge on any atom is 0.147 e. The first-order valence-electron chi connectivity index (χ1n) is 7.56. The predicted molar refractivity (Wildman–Crippen MR) is 78.6 cm³/mol. The van der Waals surface area contributed by atoms with E-state index in [1.54, 1.807) is 0 Å². The van der Waals surface area contributed by atoms with Gasteiger partial charge in [0.05, 0.1) is 16.4 Å². The van der Waals surface area contributed by atoms with Gasteiger partial charge in [0, 0.05) is 6.42 Å². The molecule has 2 aliphatic rings. The van der Waals surface area contributed by atoms with Crippen LogP contribution in [-0.2, 0) is 10.2 Å². The fraction of sp³-hybridized carbons (Fsp3) is 0.529. The second-order valence-electron chi connectivity index (χ2n) is 7.19. The molecule has 4 rings (SSSR count). The monoisotopic (exact) mass is 286 g/mol. The normalized spacial score (nSPS) is 30.5. The molecule has 1 aromatic carbocycles. The van der Waals surface area contributed by atoms with Gasteiger partial charge in [0.2, 0.25) is 0 Å². The molecule has 2 aliphatic carbocycles. The molecule has 3 nitrogen and oxygen atoms in total. The lowest BCUT2D eigenvalue weighted by molar-refractivity contribution is -0.124. The van der Waals surface area contributed by atoms with E-state index in [-0.39, 0.29) is 11.2 Å². The van der Waals surface area contributed by atoms with Crippen LogP contribution in [0.3, 0.4) is 0 Å². The highest BCUT2D eigenvalue weighted by atomic mass is 19.1. The van der Waals surface area contributed by atoms with E-state index in [4.69, 9.17) is 4.98 Å². The van der Waals surface area contributed by atoms with Crippen molar-refractivity contribution < 1.29 is 9.18 Å². The highest BCUT2D eigenvalue weighted by Gasteiger charge is 2.66. The van der Waals surface area contributed by atoms with Gasteiger partial charge in [-0.2, -0.15) is 0 Å². The van der Waals surface area contributed by atoms with Gasteiger partial charge in [-0.3, -0.25) is 4.79 Å². The lowest BCUT2D eigenvalue weighted by atomic mass is 9.68. The third kappa shape index (κ3) is 1.38. The van der Waals surface area contributed by atoms with Crippen molar-refractivity contribution in [1.29, 1.82) is 0 Å². The minimum absolute atomic E-state index is 0.0790. The molecule has 110 valence electrons. The SMILES string of the molecule is Cc1cc(F)cc2[nH]c(C34CCC(CC3=O)C4(C)C)nc12. The molecule has 2 bridgehead atoms. The number of hydrogen-bond acceptors (Lipinski definition) is 2. The van der Waals surface area contributed by atoms with Crippen molar-refractivity contribution in [3.8, 4) is 0 Å². The predicted octanol–water partition coefficient (Wildman–Crippen LogP) is 3.66. The molecule has 0 saturated heterocycles. The Balaban J connectivity index is 1.98. The smallest absolute Gasteiger partial charge is 0.147 e. The number of carbonyl (C=O) groups excluding carboxylic acids is 1. The maximum absolute atomic E-state index is 13.6. The van der Waals surface area contributed by atoms with Gasteiger partial charge in [-0.15, -0.1) is 0 Å². The standard InChI is InChI=1S/C17H19FN2O/c1-9-6-11(18)8-12-14(9)20-15(19-12)17-5-4-10(7-13(17)21)16(17,2)3/h6,8,10H,4-5,7H2,1-3H3,(H,19,20). The summed E-state index contributed by atoms with van der Waals surface area (Å²) in [5, 5.41) is 0. The quantitative estimate of drug-likeness (QED) is 0.869. The van der Waals surface area contributed by atoms with Crippen LogP contribution in [-0.4, -0.2) is 15.8 Å². The van der Waals surface area contributed by atoms with Crippen molar-refractivity contribution in [2.45, 2.75) is 45.4 Å². The molecule has 2 unspecified atom stereocenters. The number of carbonyl (C=O) groups is 1. The van der Waals surface area contributed by atoms with Gasteiger partial charge in [-0.1, -0.05) is 13.8 Å². The van der Waals surface area contributed by atoms with Crippen molar-refractivity contribution in [2.24, 2.45) is 11.3 Å². The summed E-state index contributed by atoms with van der Waals surface area (Å²) in [6.07, 6.45) is 2.57. The number of imidazole rings is 1. The van der Waals surface area contributed by atoms with Gasteiger partial charge in [0.25, 0.3) is 0 Å². The van der Waals surface area contributed by atoms with Crippen molar-refractivity contribution in [2.75, 3.05) is 0 Å². The number of aromatic amines is 1. The summed E-state index contributed by atoms with van der Waals surface area (Å²) < 4.78 is 13.6. The second-order valence-corrected chi connectivity index (χ2v) is 7.19. The molecule has 2 atom stereocenters. The van der Waals surface area contributed by atoms with Gasteiger partial charge >= 0.3 is 0 Å². The van der Waals surface area contributed by atoms with Crippen LogP contribution >= 0.6 is 0 Å². The molecule has 2 fully saturated rings. The number of nitrogens with one attached hydrogen (secondary N) is 1. The molecular weight excluding hydrogens is 267 g/mol. The maximum atomic E-state index is 13.6. The summed E-state index contributed by atoms with van der Waals surface area (Å²) in [4.78, 5) is 20.6. The molecule has 2 saturated carbocycles. The number of Topliss-reactive ketones (excluding diaryl/α,β-unsaturated/α-hetero) is 1. The first kappa shape index (κ1) is 13.0. The Morgan fingerprint density at radius 1 is 1.38 bits per heavy atom. The van der Waals surface area contributed by atoms with Crippen LogP contribution in [0.25, 0.3) is 11.0 Å². The van der Waals surface area contributed by atoms with Crippen molar-refractivity contribution in [1.82, 2.24) is 9.97 Å². The number of rotatable bonds is 1. The van der Waals surface area contributed by atoms with Crippen molar-refractivity contribution >= 4 is 16.8 Å². The average molecular weight is 286 g/mol. The lowest BCUT2D eigenvalue weighted by Crippen LogP contribution is -2.41. The zero-order chi connectivity index (χ0) is 15.0. The Hall–Kier alpha value is -1.71. The topological polar surface area (TPSA) is 45.8 Å². The Labute approximate surface area is 123 Å². The summed E-state index contributed by atoms with van der Waals surface area (Å²) in [6.45, 7) is 6.21. The molecule has 0 spiro atoms. The molecular formula is C17H19FN2O. The number of nitrogens with zero attached hydrogens (tertiary/aromatic N) is 1. The molecule has 0 aliphatic heterocycles. The van der Waals surface area contributed by atoms with Crippen molar-refractivity contribution in [3.05, 3.63) is 29.3 Å². The van der Waals surface area contributed by atoms with E-state index >= 15 is 0 Å². The Bertz CT molecular complexity index is 776. The summed E-state index contributed by atoms with van der Waals surface area (Å²) in [5.74, 6) is 1.20. The average Bonchev–Trinajstić information content (AvgIpc) is 2.97. The van der Waals surface area contributed by atoms with Gasteiger partial charge in [0.1, 0.15) is 17.4 Å². The summed E-state index contributed by atoms with van der Waals surface area (Å²) in [6, 6.07) is 2.96. The van der Waals surface area contributed by atoms with E-state index in [2.05, 4.69) is 18.8 Å². The summed E-state index contributed by atoms with van der Waals surface area (Å²) in [5.41, 5.74) is 1.68. The van der Waals surface area contributed by atoms with Crippen LogP contribution in [0.1, 0.15) is 44.5 Å². The number of aryl methyl sites for hydroxylation is 1. The fourth-order valence-electron chi connectivity index (χ4n) is 4.68. The van der Waals surface area contributed by atoms with Crippen LogP contribution in [0, 0.1) is 24.1 Å². The summed E-state index contributed by atoms with van der Waals surface area (Å²) >= 11 is 0. The second kappa shape index (κ2) is 3.73. The minimum Gasteiger partial charge on any atom is -0.341 e. The first-order chi connectivity index (χ1) is 9.86. The number of H-pyrrole nitrogens is 1. The fourth-order valence-corrected chi connectivity index (χ4v) is 4.68. The Morgan fingerprint density at radius 2 is 2.14 bits per heavy atom. The zero-order valence-electron chi connectivity index (χ0n) is 12.6. The Morgan fingerprint density at radius 3 is 2.76 bits per heavy atom. The number of hydrogen-bond donors (Lipinski definition) is 1. The molecule has 21 heavy (non-hydrogen) atoms. The molecule has 0 amide bonds. The van der Waals surface area contributed by atoms with Gasteiger partial charge in [0.15, 0.2) is 0 Å². The minimum atomic E-state index is -0.514. The first-order valence-corrected chi connectivity index (χ1v) is 7.56. The number of benzene rings is 1. The van der Waals surface area contributed by atoms with Gasteiger partial charge in [-0.05, 0) is 48.8 Å². The van der Waals surface area contributed by atoms with Crippen LogP contribution in [0.2, 0.25) is 0 Å². The number of ketones is 1. The van der Waals surface area contributed by atoms with E-state index in [0.717, 1.165) is 29.7 Å². The van der Waals surface area contributed by atoms with E-state index < -0.39 is 5.41 Å². The van der Waals surface area contributed by atoms with E-state index in [0.29, 0.717) is 23.6 Å². The van der Waals surface area contributed by atoms with Crippen LogP contribution in [0.15, 0.2) is 12.1 Å². The van der Waals surface area contributed by atoms with Gasteiger partial charge < -0.3 is 4.98 Å². The molecule has 1 heterocycles. The molecule has 1 aromatic heterocycles. The molecule has 1 N–H and O–H groups in total. The lowest BCUT2D eigenvalue weighted by Gasteiger charge is -2.34. The summed E-state index contributed by atoms with van der Waals surface area (Å²) in [7, 11) is 0. The van der Waals surface area contributed by atoms with Crippen LogP contribution in [0.4, 0.5) is 4.39 Å². The molecule has 0 radical (unpaired) electrons. The van der Waals surface area contributed by atoms with Crippen LogP contribution < -0.4 is 0 Å². The Kier molecular flexibility index (Phi) is 2.31. The van der Waals surface area contributed by atoms with E-state index in [1.165, 1.54) is 12.1 Å². The number of aromatic nitrogens is 2. The molecule has 2 aromatic rings. The number of halogens is 1. The number of fused-ring (bicyclic) bond motifs is 3. The van der Waals surface area contributed by atoms with E-state index in [1.807, 2.05) is 6.92 Å². The zero-order valence-corrected chi connectivity index (χ0v) is 12.6. The third-order valence-electron chi connectivity index (χ3n) is 6.04. The highest BCUT2D eigenvalue weighted by Crippen LogP contribution is 2.64. The largest absolute Gasteiger partial charge is 0.341 e. The van der Waals surface area contributed by atoms with Gasteiger partial charge in [-0.25, -0.2) is 9.37 Å². The van der Waals surface area contributed by atoms with E-state index in [9.17, 15) is 9.18 Å². The highest BCUT2D eigenvalue weighted by molar-refractivity contribution is 5.95. The van der Waals surface area contributed by atoms with Crippen molar-refractivity contribution in [3.63, 3.8) is 0 Å². The third-order valence-corrected chi connectivity index (χ3v) is 6.04. The van der Waals surface area contributed by atoms with Crippen LogP contribution in [0.5, 0.6) is 0 Å². The molecule has 4 heteroatoms.